The Labute approximate surface area is 292 Å². The molecule has 2 bridgehead atoms. The van der Waals surface area contributed by atoms with Gasteiger partial charge >= 0.3 is 0 Å². The van der Waals surface area contributed by atoms with Crippen LogP contribution in [-0.4, -0.2) is 0 Å². The largest absolute Gasteiger partial charge is 0.310 e. The zero-order valence-electron chi connectivity index (χ0n) is 27.4. The summed E-state index contributed by atoms with van der Waals surface area (Å²) in [6.45, 7) is 0. The van der Waals surface area contributed by atoms with Crippen molar-refractivity contribution >= 4 is 59.3 Å². The van der Waals surface area contributed by atoms with Gasteiger partial charge in [-0.3, -0.25) is 0 Å². The fourth-order valence-electron chi connectivity index (χ4n) is 9.12. The van der Waals surface area contributed by atoms with Crippen LogP contribution in [0.3, 0.4) is 0 Å². The molecule has 0 radical (unpaired) electrons. The topological polar surface area (TPSA) is 3.24 Å². The number of para-hydroxylation sites is 1. The molecule has 236 valence electrons. The fraction of sp³-hybridized carbons (Fsp3) is 0.149. The average molecular weight is 648 g/mol. The van der Waals surface area contributed by atoms with Crippen LogP contribution in [0.4, 0.5) is 17.1 Å². The Bertz CT molecular complexity index is 2470. The molecule has 2 heteroatoms. The zero-order valence-corrected chi connectivity index (χ0v) is 28.2. The summed E-state index contributed by atoms with van der Waals surface area (Å²) in [5, 5.41) is 5.20. The summed E-state index contributed by atoms with van der Waals surface area (Å²) in [4.78, 5) is 2.49. The van der Waals surface area contributed by atoms with Gasteiger partial charge in [-0.15, -0.1) is 11.3 Å². The summed E-state index contributed by atoms with van der Waals surface area (Å²) in [7, 11) is 0. The maximum Gasteiger partial charge on any atom is 0.0540 e. The van der Waals surface area contributed by atoms with Crippen LogP contribution in [0, 0.1) is 11.8 Å². The average Bonchev–Trinajstić information content (AvgIpc) is 3.90. The van der Waals surface area contributed by atoms with Crippen molar-refractivity contribution < 1.29 is 0 Å². The lowest BCUT2D eigenvalue weighted by Crippen LogP contribution is -2.12. The van der Waals surface area contributed by atoms with E-state index >= 15 is 0 Å². The Morgan fingerprint density at radius 1 is 0.510 bits per heavy atom. The van der Waals surface area contributed by atoms with E-state index in [0.717, 1.165) is 17.8 Å². The number of hydrogen-bond donors (Lipinski definition) is 0. The highest BCUT2D eigenvalue weighted by Crippen LogP contribution is 2.53. The van der Waals surface area contributed by atoms with Crippen LogP contribution in [0.1, 0.15) is 37.2 Å². The summed E-state index contributed by atoms with van der Waals surface area (Å²) < 4.78 is 2.65. The highest BCUT2D eigenvalue weighted by Gasteiger charge is 2.40. The van der Waals surface area contributed by atoms with Crippen LogP contribution >= 0.6 is 11.3 Å². The molecule has 2 aliphatic rings. The van der Waals surface area contributed by atoms with Crippen molar-refractivity contribution in [1.82, 2.24) is 0 Å². The first-order valence-electron chi connectivity index (χ1n) is 17.8. The van der Waals surface area contributed by atoms with E-state index in [4.69, 9.17) is 0 Å². The summed E-state index contributed by atoms with van der Waals surface area (Å²) in [6, 6.07) is 58.7. The Balaban J connectivity index is 1.17. The van der Waals surface area contributed by atoms with Crippen LogP contribution in [0.2, 0.25) is 0 Å². The van der Waals surface area contributed by atoms with Gasteiger partial charge < -0.3 is 4.90 Å². The quantitative estimate of drug-likeness (QED) is 0.174. The zero-order chi connectivity index (χ0) is 32.3. The highest BCUT2D eigenvalue weighted by molar-refractivity contribution is 7.25. The maximum atomic E-state index is 2.49. The van der Waals surface area contributed by atoms with Gasteiger partial charge in [-0.05, 0) is 106 Å². The van der Waals surface area contributed by atoms with Crippen molar-refractivity contribution in [1.29, 1.82) is 0 Å². The SMILES string of the molecule is c1ccc(-c2cccc3cccc(-c4ccccc4N(c4ccc(C5CC6CCC5C6)cc4)c4ccc5c(c4)sc4ccccc45)c23)cc1. The molecule has 49 heavy (non-hydrogen) atoms. The molecular formula is C47H37NS. The Kier molecular flexibility index (Phi) is 6.91. The first kappa shape index (κ1) is 28.8. The standard InChI is InChI=1S/C47H37NS/c1-2-10-32(11-3-1)38-16-8-12-34-13-9-17-42(47(34)38)39-14-4-6-18-44(39)48(36-24-22-33(23-25-36)43-29-31-20-21-35(43)28-31)37-26-27-41-40-15-5-7-19-45(40)49-46(41)30-37/h1-19,22-27,30-31,35,43H,20-21,28-29H2. The van der Waals surface area contributed by atoms with E-state index in [-0.39, 0.29) is 0 Å². The van der Waals surface area contributed by atoms with Crippen LogP contribution in [0.5, 0.6) is 0 Å². The lowest BCUT2D eigenvalue weighted by atomic mass is 9.83. The summed E-state index contributed by atoms with van der Waals surface area (Å²) in [5.74, 6) is 2.52. The number of nitrogens with zero attached hydrogens (tertiary/aromatic N) is 1. The van der Waals surface area contributed by atoms with E-state index in [1.165, 1.54) is 102 Å². The van der Waals surface area contributed by atoms with Gasteiger partial charge in [0.1, 0.15) is 0 Å². The highest BCUT2D eigenvalue weighted by atomic mass is 32.1. The number of thiophene rings is 1. The van der Waals surface area contributed by atoms with Gasteiger partial charge in [0, 0.05) is 37.1 Å². The third kappa shape index (κ3) is 4.89. The number of rotatable bonds is 6. The lowest BCUT2D eigenvalue weighted by Gasteiger charge is -2.29. The molecule has 0 aliphatic heterocycles. The van der Waals surface area contributed by atoms with Crippen LogP contribution in [0.25, 0.3) is 53.2 Å². The normalized spacial score (nSPS) is 18.5. The third-order valence-electron chi connectivity index (χ3n) is 11.4. The number of fused-ring (bicyclic) bond motifs is 6. The molecule has 0 saturated heterocycles. The molecule has 1 heterocycles. The van der Waals surface area contributed by atoms with E-state index in [1.807, 2.05) is 11.3 Å². The number of hydrogen-bond acceptors (Lipinski definition) is 2. The van der Waals surface area contributed by atoms with Crippen molar-refractivity contribution in [2.45, 2.75) is 31.6 Å². The van der Waals surface area contributed by atoms with Gasteiger partial charge in [0.05, 0.1) is 5.69 Å². The van der Waals surface area contributed by atoms with Gasteiger partial charge in [-0.1, -0.05) is 128 Å². The van der Waals surface area contributed by atoms with Gasteiger partial charge in [0.15, 0.2) is 0 Å². The maximum absolute atomic E-state index is 2.49. The molecule has 3 unspecified atom stereocenters. The minimum absolute atomic E-state index is 0.718. The second kappa shape index (κ2) is 11.8. The van der Waals surface area contributed by atoms with Crippen molar-refractivity contribution in [3.8, 4) is 22.3 Å². The number of anilines is 3. The van der Waals surface area contributed by atoms with Crippen molar-refractivity contribution in [2.24, 2.45) is 11.8 Å². The van der Waals surface area contributed by atoms with Crippen LogP contribution < -0.4 is 4.90 Å². The second-order valence-electron chi connectivity index (χ2n) is 14.1. The molecule has 8 aromatic rings. The Hall–Kier alpha value is -5.18. The Morgan fingerprint density at radius 3 is 2.04 bits per heavy atom. The van der Waals surface area contributed by atoms with E-state index in [1.54, 1.807) is 0 Å². The molecule has 0 amide bonds. The summed E-state index contributed by atoms with van der Waals surface area (Å²) in [6.07, 6.45) is 5.63. The predicted molar refractivity (Wildman–Crippen MR) is 211 cm³/mol. The molecule has 0 spiro atoms. The molecule has 1 nitrogen and oxygen atoms in total. The second-order valence-corrected chi connectivity index (χ2v) is 15.2. The minimum Gasteiger partial charge on any atom is -0.310 e. The molecule has 2 fully saturated rings. The fourth-order valence-corrected chi connectivity index (χ4v) is 10.3. The number of benzene rings is 7. The lowest BCUT2D eigenvalue weighted by molar-refractivity contribution is 0.420. The van der Waals surface area contributed by atoms with E-state index in [2.05, 4.69) is 163 Å². The first-order valence-corrected chi connectivity index (χ1v) is 18.6. The predicted octanol–water partition coefficient (Wildman–Crippen LogP) is 13.9. The van der Waals surface area contributed by atoms with Crippen molar-refractivity contribution in [3.63, 3.8) is 0 Å². The van der Waals surface area contributed by atoms with E-state index in [0.29, 0.717) is 0 Å². The van der Waals surface area contributed by atoms with E-state index in [9.17, 15) is 0 Å². The van der Waals surface area contributed by atoms with Crippen molar-refractivity contribution in [2.75, 3.05) is 4.90 Å². The molecular weight excluding hydrogens is 611 g/mol. The molecule has 10 rings (SSSR count). The van der Waals surface area contributed by atoms with Gasteiger partial charge in [-0.25, -0.2) is 0 Å². The molecule has 3 atom stereocenters. The van der Waals surface area contributed by atoms with Gasteiger partial charge in [0.2, 0.25) is 0 Å². The molecule has 0 N–H and O–H groups in total. The third-order valence-corrected chi connectivity index (χ3v) is 12.5. The Morgan fingerprint density at radius 2 is 1.22 bits per heavy atom. The minimum atomic E-state index is 0.718. The molecule has 2 aliphatic carbocycles. The van der Waals surface area contributed by atoms with Crippen molar-refractivity contribution in [3.05, 3.63) is 163 Å². The van der Waals surface area contributed by atoms with Gasteiger partial charge in [-0.2, -0.15) is 0 Å². The van der Waals surface area contributed by atoms with Crippen LogP contribution in [-0.2, 0) is 0 Å². The molecule has 2 saturated carbocycles. The first-order chi connectivity index (χ1) is 24.3. The molecule has 7 aromatic carbocycles. The summed E-state index contributed by atoms with van der Waals surface area (Å²) >= 11 is 1.89. The van der Waals surface area contributed by atoms with Crippen LogP contribution in [0.15, 0.2) is 158 Å². The smallest absolute Gasteiger partial charge is 0.0540 e. The molecule has 1 aromatic heterocycles. The van der Waals surface area contributed by atoms with E-state index < -0.39 is 0 Å². The monoisotopic (exact) mass is 647 g/mol. The summed E-state index contributed by atoms with van der Waals surface area (Å²) in [5.41, 5.74) is 10.1. The van der Waals surface area contributed by atoms with Gasteiger partial charge in [0.25, 0.3) is 0 Å².